The Labute approximate surface area is 171 Å². The lowest BCUT2D eigenvalue weighted by Crippen LogP contribution is -2.31. The van der Waals surface area contributed by atoms with Gasteiger partial charge >= 0.3 is 0 Å². The number of nitrogens with zero attached hydrogens (tertiary/aromatic N) is 2. The Morgan fingerprint density at radius 2 is 1.83 bits per heavy atom. The van der Waals surface area contributed by atoms with Gasteiger partial charge in [0, 0.05) is 31.4 Å². The number of nitrogens with one attached hydrogen (secondary N) is 1. The van der Waals surface area contributed by atoms with E-state index in [0.29, 0.717) is 18.8 Å². The lowest BCUT2D eigenvalue weighted by molar-refractivity contribution is 0.0723. The van der Waals surface area contributed by atoms with Gasteiger partial charge in [-0.3, -0.25) is 9.89 Å². The number of amides is 1. The summed E-state index contributed by atoms with van der Waals surface area (Å²) in [4.78, 5) is 15.2. The van der Waals surface area contributed by atoms with Crippen molar-refractivity contribution in [2.75, 3.05) is 20.3 Å². The Bertz CT molecular complexity index is 990. The zero-order valence-corrected chi connectivity index (χ0v) is 17.2. The fraction of sp³-hybridized carbons (Fsp3) is 0.333. The highest BCUT2D eigenvalue weighted by molar-refractivity contribution is 6.00. The van der Waals surface area contributed by atoms with Crippen molar-refractivity contribution in [1.82, 2.24) is 15.1 Å². The molecule has 29 heavy (non-hydrogen) atoms. The van der Waals surface area contributed by atoms with Crippen LogP contribution in [0.25, 0.3) is 11.3 Å². The summed E-state index contributed by atoms with van der Waals surface area (Å²) in [7, 11) is 1.69. The van der Waals surface area contributed by atoms with Crippen LogP contribution in [-0.2, 0) is 11.2 Å². The van der Waals surface area contributed by atoms with E-state index >= 15 is 0 Å². The summed E-state index contributed by atoms with van der Waals surface area (Å²) >= 11 is 0. The van der Waals surface area contributed by atoms with E-state index in [2.05, 4.69) is 72.6 Å². The Morgan fingerprint density at radius 1 is 1.10 bits per heavy atom. The van der Waals surface area contributed by atoms with Gasteiger partial charge in [-0.1, -0.05) is 61.0 Å². The molecule has 1 amide bonds. The van der Waals surface area contributed by atoms with Crippen LogP contribution in [0.5, 0.6) is 0 Å². The van der Waals surface area contributed by atoms with Crippen molar-refractivity contribution in [2.24, 2.45) is 0 Å². The number of carbonyl (C=O) groups excluding carboxylic acids is 1. The van der Waals surface area contributed by atoms with Crippen molar-refractivity contribution in [1.29, 1.82) is 0 Å². The maximum atomic E-state index is 13.2. The second-order valence-electron chi connectivity index (χ2n) is 7.57. The summed E-state index contributed by atoms with van der Waals surface area (Å²) in [5, 5.41) is 7.55. The van der Waals surface area contributed by atoms with Crippen LogP contribution < -0.4 is 0 Å². The molecule has 1 atom stereocenters. The molecule has 0 aliphatic carbocycles. The number of hydrogen-bond donors (Lipinski definition) is 1. The molecule has 1 aliphatic rings. The van der Waals surface area contributed by atoms with Gasteiger partial charge in [0.05, 0.1) is 11.7 Å². The Kier molecular flexibility index (Phi) is 5.49. The van der Waals surface area contributed by atoms with Gasteiger partial charge in [0.15, 0.2) is 0 Å². The Hall–Kier alpha value is -2.92. The second-order valence-corrected chi connectivity index (χ2v) is 7.57. The predicted octanol–water partition coefficient (Wildman–Crippen LogP) is 4.53. The van der Waals surface area contributed by atoms with E-state index in [1.54, 1.807) is 7.11 Å². The first kappa shape index (κ1) is 19.4. The number of rotatable bonds is 7. The number of methoxy groups -OCH3 is 1. The van der Waals surface area contributed by atoms with Gasteiger partial charge in [-0.2, -0.15) is 5.10 Å². The molecular formula is C24H27N3O2. The minimum absolute atomic E-state index is 0.00605. The van der Waals surface area contributed by atoms with E-state index in [9.17, 15) is 4.79 Å². The van der Waals surface area contributed by atoms with Crippen LogP contribution in [0, 0.1) is 6.92 Å². The van der Waals surface area contributed by atoms with Crippen LogP contribution >= 0.6 is 0 Å². The summed E-state index contributed by atoms with van der Waals surface area (Å²) in [6, 6.07) is 16.7. The molecule has 1 aromatic heterocycles. The van der Waals surface area contributed by atoms with E-state index in [1.807, 2.05) is 4.90 Å². The third kappa shape index (κ3) is 3.58. The van der Waals surface area contributed by atoms with E-state index < -0.39 is 0 Å². The number of fused-ring (bicyclic) bond motifs is 1. The summed E-state index contributed by atoms with van der Waals surface area (Å²) in [6.07, 6.45) is 1.79. The lowest BCUT2D eigenvalue weighted by atomic mass is 9.95. The molecule has 150 valence electrons. The van der Waals surface area contributed by atoms with Crippen LogP contribution in [-0.4, -0.2) is 41.3 Å². The fourth-order valence-corrected chi connectivity index (χ4v) is 4.02. The lowest BCUT2D eigenvalue weighted by Gasteiger charge is -2.26. The van der Waals surface area contributed by atoms with E-state index in [4.69, 9.17) is 4.74 Å². The largest absolute Gasteiger partial charge is 0.385 e. The molecule has 1 aliphatic heterocycles. The zero-order chi connectivity index (χ0) is 20.4. The van der Waals surface area contributed by atoms with Crippen LogP contribution in [0.2, 0.25) is 0 Å². The highest BCUT2D eigenvalue weighted by atomic mass is 16.5. The van der Waals surface area contributed by atoms with E-state index in [0.717, 1.165) is 35.2 Å². The topological polar surface area (TPSA) is 58.2 Å². The van der Waals surface area contributed by atoms with Crippen molar-refractivity contribution >= 4 is 5.91 Å². The molecule has 1 unspecified atom stereocenters. The van der Waals surface area contributed by atoms with Crippen molar-refractivity contribution in [3.05, 3.63) is 76.5 Å². The zero-order valence-electron chi connectivity index (χ0n) is 17.2. The predicted molar refractivity (Wildman–Crippen MR) is 114 cm³/mol. The average Bonchev–Trinajstić information content (AvgIpc) is 3.28. The first-order valence-electron chi connectivity index (χ1n) is 10.2. The number of aryl methyl sites for hydroxylation is 2. The van der Waals surface area contributed by atoms with Crippen molar-refractivity contribution in [3.63, 3.8) is 0 Å². The molecule has 5 heteroatoms. The summed E-state index contributed by atoms with van der Waals surface area (Å²) in [5.41, 5.74) is 7.05. The molecule has 3 aromatic rings. The molecule has 5 nitrogen and oxygen atoms in total. The van der Waals surface area contributed by atoms with Crippen LogP contribution in [0.3, 0.4) is 0 Å². The number of H-pyrrole nitrogens is 1. The molecule has 0 saturated heterocycles. The molecule has 0 spiro atoms. The number of aromatic amines is 1. The maximum absolute atomic E-state index is 13.2. The van der Waals surface area contributed by atoms with Gasteiger partial charge in [-0.15, -0.1) is 0 Å². The third-order valence-electron chi connectivity index (χ3n) is 5.64. The molecule has 2 heterocycles. The minimum Gasteiger partial charge on any atom is -0.385 e. The Balaban J connectivity index is 1.79. The molecule has 2 aromatic carbocycles. The molecule has 0 saturated carbocycles. The standard InChI is InChI=1S/C24H27N3O2/c1-4-17-8-12-19(13-9-17)23-20-21(18-10-6-16(2)7-11-18)25-26-22(20)24(28)27(23)14-5-15-29-3/h6-13,23H,4-5,14-15H2,1-3H3,(H,25,26). The molecular weight excluding hydrogens is 362 g/mol. The average molecular weight is 389 g/mol. The maximum Gasteiger partial charge on any atom is 0.273 e. The van der Waals surface area contributed by atoms with E-state index in [1.165, 1.54) is 11.1 Å². The quantitative estimate of drug-likeness (QED) is 0.604. The van der Waals surface area contributed by atoms with Crippen LogP contribution in [0.4, 0.5) is 0 Å². The highest BCUT2D eigenvalue weighted by Gasteiger charge is 2.41. The first-order chi connectivity index (χ1) is 14.1. The number of carbonyl (C=O) groups is 1. The first-order valence-corrected chi connectivity index (χ1v) is 10.2. The number of hydrogen-bond acceptors (Lipinski definition) is 3. The second kappa shape index (κ2) is 8.21. The minimum atomic E-state index is -0.143. The molecule has 0 fully saturated rings. The highest BCUT2D eigenvalue weighted by Crippen LogP contribution is 2.42. The molecule has 1 N–H and O–H groups in total. The van der Waals surface area contributed by atoms with Crippen molar-refractivity contribution in [3.8, 4) is 11.3 Å². The molecule has 0 bridgehead atoms. The summed E-state index contributed by atoms with van der Waals surface area (Å²) < 4.78 is 5.21. The van der Waals surface area contributed by atoms with Crippen LogP contribution in [0.15, 0.2) is 48.5 Å². The SMILES string of the molecule is CCc1ccc(C2c3c(-c4ccc(C)cc4)n[nH]c3C(=O)N2CCCOC)cc1. The Morgan fingerprint density at radius 3 is 2.48 bits per heavy atom. The molecule has 4 rings (SSSR count). The summed E-state index contributed by atoms with van der Waals surface area (Å²) in [5.74, 6) is 0.00605. The summed E-state index contributed by atoms with van der Waals surface area (Å²) in [6.45, 7) is 5.48. The monoisotopic (exact) mass is 389 g/mol. The van der Waals surface area contributed by atoms with Gasteiger partial charge < -0.3 is 9.64 Å². The molecule has 0 radical (unpaired) electrons. The number of benzene rings is 2. The van der Waals surface area contributed by atoms with Gasteiger partial charge in [0.1, 0.15) is 5.69 Å². The van der Waals surface area contributed by atoms with Gasteiger partial charge in [0.25, 0.3) is 5.91 Å². The fourth-order valence-electron chi connectivity index (χ4n) is 4.02. The number of aromatic nitrogens is 2. The van der Waals surface area contributed by atoms with Crippen LogP contribution in [0.1, 0.15) is 52.1 Å². The normalized spacial score (nSPS) is 15.8. The van der Waals surface area contributed by atoms with Gasteiger partial charge in [-0.25, -0.2) is 0 Å². The van der Waals surface area contributed by atoms with Gasteiger partial charge in [-0.05, 0) is 30.9 Å². The smallest absolute Gasteiger partial charge is 0.273 e. The van der Waals surface area contributed by atoms with Gasteiger partial charge in [0.2, 0.25) is 0 Å². The third-order valence-corrected chi connectivity index (χ3v) is 5.64. The van der Waals surface area contributed by atoms with Crippen molar-refractivity contribution in [2.45, 2.75) is 32.7 Å². The number of ether oxygens (including phenoxy) is 1. The van der Waals surface area contributed by atoms with E-state index in [-0.39, 0.29) is 11.9 Å². The van der Waals surface area contributed by atoms with Crippen molar-refractivity contribution < 1.29 is 9.53 Å².